The van der Waals surface area contributed by atoms with E-state index in [1.54, 1.807) is 0 Å². The summed E-state index contributed by atoms with van der Waals surface area (Å²) in [5.74, 6) is 0.221. The second-order valence-electron chi connectivity index (χ2n) is 8.94. The maximum atomic E-state index is 13.8. The molecular formula is C23H29F3N6O3. The summed E-state index contributed by atoms with van der Waals surface area (Å²) in [5.41, 5.74) is 4.45. The minimum Gasteiger partial charge on any atom is -0.474 e. The summed E-state index contributed by atoms with van der Waals surface area (Å²) in [6.45, 7) is 6.76. The number of likely N-dealkylation sites (tertiary alicyclic amines) is 1. The number of morpholine rings is 1. The van der Waals surface area contributed by atoms with E-state index in [0.29, 0.717) is 52.2 Å². The van der Waals surface area contributed by atoms with Crippen LogP contribution in [0.4, 0.5) is 24.9 Å². The van der Waals surface area contributed by atoms with E-state index in [2.05, 4.69) is 15.0 Å². The van der Waals surface area contributed by atoms with Crippen LogP contribution in [0.25, 0.3) is 11.3 Å². The highest BCUT2D eigenvalue weighted by molar-refractivity contribution is 5.78. The van der Waals surface area contributed by atoms with E-state index in [1.807, 2.05) is 23.6 Å². The van der Waals surface area contributed by atoms with Crippen molar-refractivity contribution in [1.29, 1.82) is 0 Å². The first-order valence-corrected chi connectivity index (χ1v) is 11.6. The Hall–Kier alpha value is -3.15. The van der Waals surface area contributed by atoms with Crippen molar-refractivity contribution in [3.8, 4) is 17.1 Å². The molecule has 4 rings (SSSR count). The summed E-state index contributed by atoms with van der Waals surface area (Å²) in [4.78, 5) is 28.7. The molecule has 0 atom stereocenters. The molecule has 12 heteroatoms. The van der Waals surface area contributed by atoms with Crippen LogP contribution in [-0.4, -0.2) is 71.3 Å². The molecule has 2 aliphatic heterocycles. The third-order valence-electron chi connectivity index (χ3n) is 6.03. The number of nitrogens with zero attached hydrogens (tertiary/aromatic N) is 5. The van der Waals surface area contributed by atoms with E-state index in [9.17, 15) is 18.0 Å². The topological polar surface area (TPSA) is 107 Å². The van der Waals surface area contributed by atoms with Crippen LogP contribution < -0.4 is 15.4 Å². The molecule has 2 N–H and O–H groups in total. The van der Waals surface area contributed by atoms with Gasteiger partial charge in [0.05, 0.1) is 24.5 Å². The molecule has 0 spiro atoms. The van der Waals surface area contributed by atoms with E-state index >= 15 is 0 Å². The molecule has 1 amide bonds. The van der Waals surface area contributed by atoms with Gasteiger partial charge in [-0.1, -0.05) is 13.8 Å². The molecule has 0 unspecified atom stereocenters. The lowest BCUT2D eigenvalue weighted by molar-refractivity contribution is -0.137. The summed E-state index contributed by atoms with van der Waals surface area (Å²) in [7, 11) is 0. The summed E-state index contributed by atoms with van der Waals surface area (Å²) in [6.07, 6.45) is -2.60. The number of alkyl halides is 3. The number of nitrogens with two attached hydrogens (primary N) is 1. The van der Waals surface area contributed by atoms with Crippen molar-refractivity contribution >= 4 is 17.7 Å². The average Bonchev–Trinajstić information content (AvgIpc) is 2.84. The van der Waals surface area contributed by atoms with Gasteiger partial charge >= 0.3 is 6.18 Å². The number of halogens is 3. The highest BCUT2D eigenvalue weighted by atomic mass is 19.4. The van der Waals surface area contributed by atoms with Crippen molar-refractivity contribution < 1.29 is 27.4 Å². The van der Waals surface area contributed by atoms with Gasteiger partial charge < -0.3 is 25.0 Å². The Labute approximate surface area is 201 Å². The molecule has 2 saturated heterocycles. The molecule has 0 saturated carbocycles. The smallest absolute Gasteiger partial charge is 0.417 e. The van der Waals surface area contributed by atoms with Gasteiger partial charge in [-0.2, -0.15) is 18.2 Å². The minimum atomic E-state index is -4.65. The first-order chi connectivity index (χ1) is 16.6. The normalized spacial score (nSPS) is 17.7. The summed E-state index contributed by atoms with van der Waals surface area (Å²) < 4.78 is 52.8. The van der Waals surface area contributed by atoms with Crippen LogP contribution in [0.2, 0.25) is 0 Å². The van der Waals surface area contributed by atoms with Gasteiger partial charge in [0.2, 0.25) is 17.7 Å². The average molecular weight is 495 g/mol. The van der Waals surface area contributed by atoms with Crippen LogP contribution in [0.15, 0.2) is 18.3 Å². The van der Waals surface area contributed by atoms with Crippen molar-refractivity contribution in [1.82, 2.24) is 19.9 Å². The quantitative estimate of drug-likeness (QED) is 0.676. The van der Waals surface area contributed by atoms with Crippen LogP contribution in [0.3, 0.4) is 0 Å². The maximum Gasteiger partial charge on any atom is 0.417 e. The van der Waals surface area contributed by atoms with E-state index in [1.165, 1.54) is 6.07 Å². The lowest BCUT2D eigenvalue weighted by atomic mass is 10.1. The number of pyridine rings is 1. The monoisotopic (exact) mass is 494 g/mol. The molecule has 0 bridgehead atoms. The number of piperidine rings is 1. The van der Waals surface area contributed by atoms with Gasteiger partial charge in [-0.25, -0.2) is 9.97 Å². The zero-order chi connectivity index (χ0) is 25.2. The molecule has 190 valence electrons. The van der Waals surface area contributed by atoms with Gasteiger partial charge in [-0.15, -0.1) is 0 Å². The van der Waals surface area contributed by atoms with Crippen LogP contribution in [0.1, 0.15) is 32.3 Å². The number of rotatable bonds is 5. The lowest BCUT2D eigenvalue weighted by Crippen LogP contribution is -2.43. The summed E-state index contributed by atoms with van der Waals surface area (Å²) in [5, 5.41) is 0. The minimum absolute atomic E-state index is 0.0451. The molecule has 2 aromatic heterocycles. The molecule has 2 aromatic rings. The van der Waals surface area contributed by atoms with Crippen LogP contribution in [-0.2, 0) is 15.7 Å². The van der Waals surface area contributed by atoms with Crippen molar-refractivity contribution in [2.75, 3.05) is 50.0 Å². The molecule has 9 nitrogen and oxygen atoms in total. The fourth-order valence-corrected chi connectivity index (χ4v) is 4.16. The molecule has 0 radical (unpaired) electrons. The molecule has 2 aliphatic rings. The van der Waals surface area contributed by atoms with Gasteiger partial charge in [0, 0.05) is 62.8 Å². The molecule has 4 heterocycles. The number of aromatic nitrogens is 3. The fourth-order valence-electron chi connectivity index (χ4n) is 4.16. The van der Waals surface area contributed by atoms with Crippen LogP contribution in [0.5, 0.6) is 5.88 Å². The van der Waals surface area contributed by atoms with E-state index in [4.69, 9.17) is 15.2 Å². The predicted molar refractivity (Wildman–Crippen MR) is 123 cm³/mol. The van der Waals surface area contributed by atoms with Gasteiger partial charge in [0.15, 0.2) is 0 Å². The number of carbonyl (C=O) groups excluding carboxylic acids is 1. The number of nitrogen functional groups attached to an aromatic ring is 1. The van der Waals surface area contributed by atoms with Crippen molar-refractivity contribution in [3.63, 3.8) is 0 Å². The fraction of sp³-hybridized carbons (Fsp3) is 0.565. The van der Waals surface area contributed by atoms with Crippen molar-refractivity contribution in [3.05, 3.63) is 23.9 Å². The SMILES string of the molecule is CC(C)C(=O)N1CCC(Oc2cc(-c3cnc(N)cc3C(F)(F)F)nc(N3CCOCC3)n2)CC1. The van der Waals surface area contributed by atoms with E-state index < -0.39 is 11.7 Å². The highest BCUT2D eigenvalue weighted by Gasteiger charge is 2.35. The summed E-state index contributed by atoms with van der Waals surface area (Å²) >= 11 is 0. The highest BCUT2D eigenvalue weighted by Crippen LogP contribution is 2.38. The van der Waals surface area contributed by atoms with Gasteiger partial charge in [-0.05, 0) is 6.07 Å². The predicted octanol–water partition coefficient (Wildman–Crippen LogP) is 3.00. The number of ether oxygens (including phenoxy) is 2. The Balaban J connectivity index is 1.64. The lowest BCUT2D eigenvalue weighted by Gasteiger charge is -2.33. The molecule has 35 heavy (non-hydrogen) atoms. The number of carbonyl (C=O) groups is 1. The van der Waals surface area contributed by atoms with Crippen LogP contribution in [0, 0.1) is 5.92 Å². The van der Waals surface area contributed by atoms with Crippen LogP contribution >= 0.6 is 0 Å². The second kappa shape index (κ2) is 10.2. The largest absolute Gasteiger partial charge is 0.474 e. The Morgan fingerprint density at radius 3 is 2.46 bits per heavy atom. The summed E-state index contributed by atoms with van der Waals surface area (Å²) in [6, 6.07) is 2.20. The Morgan fingerprint density at radius 1 is 1.14 bits per heavy atom. The molecule has 0 aliphatic carbocycles. The van der Waals surface area contributed by atoms with E-state index in [0.717, 1.165) is 12.3 Å². The van der Waals surface area contributed by atoms with Crippen molar-refractivity contribution in [2.24, 2.45) is 5.92 Å². The Kier molecular flexibility index (Phi) is 7.29. The zero-order valence-electron chi connectivity index (χ0n) is 19.7. The molecule has 2 fully saturated rings. The van der Waals surface area contributed by atoms with Gasteiger partial charge in [-0.3, -0.25) is 4.79 Å². The number of anilines is 2. The first kappa shape index (κ1) is 25.0. The Morgan fingerprint density at radius 2 is 1.83 bits per heavy atom. The third-order valence-corrected chi connectivity index (χ3v) is 6.03. The van der Waals surface area contributed by atoms with E-state index in [-0.39, 0.29) is 46.8 Å². The Bertz CT molecular complexity index is 1050. The van der Waals surface area contributed by atoms with Crippen molar-refractivity contribution in [2.45, 2.75) is 39.0 Å². The van der Waals surface area contributed by atoms with Gasteiger partial charge in [0.25, 0.3) is 0 Å². The third kappa shape index (κ3) is 5.92. The standard InChI is InChI=1S/C23H29F3N6O3/c1-14(2)21(33)31-5-3-15(4-6-31)35-20-12-18(29-22(30-20)32-7-9-34-10-8-32)16-13-28-19(27)11-17(16)23(24,25)26/h11-15H,3-10H2,1-2H3,(H2,27,28). The molecule has 0 aromatic carbocycles. The first-order valence-electron chi connectivity index (χ1n) is 11.6. The zero-order valence-corrected chi connectivity index (χ0v) is 19.7. The number of hydrogen-bond donors (Lipinski definition) is 1. The maximum absolute atomic E-state index is 13.8. The second-order valence-corrected chi connectivity index (χ2v) is 8.94. The number of amides is 1. The molecular weight excluding hydrogens is 465 g/mol. The number of hydrogen-bond acceptors (Lipinski definition) is 8. The van der Waals surface area contributed by atoms with Gasteiger partial charge in [0.1, 0.15) is 11.9 Å².